The average molecular weight is 439 g/mol. The van der Waals surface area contributed by atoms with Gasteiger partial charge in [0.15, 0.2) is 0 Å². The van der Waals surface area contributed by atoms with Crippen LogP contribution in [0.2, 0.25) is 5.02 Å². The number of aromatic amines is 1. The average Bonchev–Trinajstić information content (AvgIpc) is 2.59. The summed E-state index contributed by atoms with van der Waals surface area (Å²) in [5, 5.41) is 1.36. The lowest BCUT2D eigenvalue weighted by atomic mass is 10.0. The molecule has 0 aliphatic carbocycles. The molecule has 1 heterocycles. The lowest BCUT2D eigenvalue weighted by Gasteiger charge is -2.12. The summed E-state index contributed by atoms with van der Waals surface area (Å²) >= 11 is 5.67. The predicted molar refractivity (Wildman–Crippen MR) is 115 cm³/mol. The Balaban J connectivity index is 0.000000234. The Morgan fingerprint density at radius 2 is 1.72 bits per heavy atom. The van der Waals surface area contributed by atoms with E-state index in [9.17, 15) is 17.8 Å². The third kappa shape index (κ3) is 5.80. The van der Waals surface area contributed by atoms with Crippen molar-refractivity contribution in [2.24, 2.45) is 5.73 Å². The van der Waals surface area contributed by atoms with Crippen LogP contribution >= 0.6 is 11.6 Å². The minimum atomic E-state index is -4.27. The number of fused-ring (bicyclic) bond motifs is 1. The maximum absolute atomic E-state index is 11.4. The molecule has 0 aliphatic heterocycles. The number of nitrogens with two attached hydrogens (primary N) is 1. The maximum atomic E-state index is 11.4. The highest BCUT2D eigenvalue weighted by Gasteiger charge is 2.19. The summed E-state index contributed by atoms with van der Waals surface area (Å²) < 4.78 is 37.2. The lowest BCUT2D eigenvalue weighted by Crippen LogP contribution is -2.10. The number of H-pyrrole nitrogens is 1. The van der Waals surface area contributed by atoms with Gasteiger partial charge in [-0.25, -0.2) is 0 Å². The third-order valence-corrected chi connectivity index (χ3v) is 5.56. The summed E-state index contributed by atoms with van der Waals surface area (Å²) in [5.74, 6) is 0.805. The minimum absolute atomic E-state index is 0.0925. The van der Waals surface area contributed by atoms with Crippen LogP contribution in [0.5, 0.6) is 5.75 Å². The molecule has 29 heavy (non-hydrogen) atoms. The van der Waals surface area contributed by atoms with Crippen LogP contribution in [0.1, 0.15) is 16.7 Å². The highest BCUT2D eigenvalue weighted by Crippen LogP contribution is 2.28. The number of hydrogen-bond acceptors (Lipinski definition) is 5. The van der Waals surface area contributed by atoms with Gasteiger partial charge in [-0.2, -0.15) is 8.42 Å². The normalized spacial score (nSPS) is 11.1. The predicted octanol–water partition coefficient (Wildman–Crippen LogP) is 3.38. The van der Waals surface area contributed by atoms with Crippen LogP contribution in [0.15, 0.2) is 46.1 Å². The number of aryl methyl sites for hydroxylation is 3. The second-order valence-corrected chi connectivity index (χ2v) is 8.25. The van der Waals surface area contributed by atoms with Gasteiger partial charge in [0.25, 0.3) is 10.1 Å². The van der Waals surface area contributed by atoms with E-state index in [0.29, 0.717) is 45.8 Å². The van der Waals surface area contributed by atoms with E-state index < -0.39 is 10.1 Å². The third-order valence-electron chi connectivity index (χ3n) is 4.16. The van der Waals surface area contributed by atoms with Crippen molar-refractivity contribution in [2.75, 3.05) is 13.2 Å². The van der Waals surface area contributed by atoms with Crippen molar-refractivity contribution in [3.63, 3.8) is 0 Å². The molecule has 0 saturated heterocycles. The van der Waals surface area contributed by atoms with Crippen molar-refractivity contribution in [3.8, 4) is 5.75 Å². The van der Waals surface area contributed by atoms with Crippen LogP contribution in [0, 0.1) is 20.8 Å². The van der Waals surface area contributed by atoms with Gasteiger partial charge in [-0.3, -0.25) is 9.35 Å². The van der Waals surface area contributed by atoms with Crippen LogP contribution < -0.4 is 16.0 Å². The Morgan fingerprint density at radius 3 is 2.28 bits per heavy atom. The van der Waals surface area contributed by atoms with Gasteiger partial charge >= 0.3 is 0 Å². The first-order valence-electron chi connectivity index (χ1n) is 8.74. The molecule has 9 heteroatoms. The number of ether oxygens (including phenoxy) is 1. The molecule has 0 unspecified atom stereocenters. The zero-order valence-electron chi connectivity index (χ0n) is 16.3. The molecular formula is C20H23ClN2O5S. The summed E-state index contributed by atoms with van der Waals surface area (Å²) in [6, 6.07) is 10.2. The number of halogens is 1. The highest BCUT2D eigenvalue weighted by molar-refractivity contribution is 7.86. The first-order chi connectivity index (χ1) is 13.5. The van der Waals surface area contributed by atoms with Gasteiger partial charge in [0.1, 0.15) is 17.3 Å². The molecule has 0 radical (unpaired) electrons. The number of pyridine rings is 1. The largest absolute Gasteiger partial charge is 0.492 e. The molecule has 156 valence electrons. The van der Waals surface area contributed by atoms with Gasteiger partial charge in [-0.05, 0) is 67.8 Å². The summed E-state index contributed by atoms with van der Waals surface area (Å²) in [6.45, 7) is 6.00. The van der Waals surface area contributed by atoms with E-state index in [1.54, 1.807) is 39.0 Å². The van der Waals surface area contributed by atoms with E-state index in [-0.39, 0.29) is 10.5 Å². The standard InChI is InChI=1S/C12H13NO4S.C8H10ClNO/c1-6-5-10(14)13-9-4-7(2)12(18(15,16)17)8(3)11(6)9;9-7-1-3-8(4-2-7)11-6-5-10/h4-5H,1-3H3,(H,13,14)(H,15,16,17);1-4H,5-6,10H2. The number of hydrogen-bond donors (Lipinski definition) is 3. The molecule has 2 aromatic carbocycles. The van der Waals surface area contributed by atoms with Gasteiger partial charge in [-0.15, -0.1) is 0 Å². The number of benzene rings is 2. The van der Waals surface area contributed by atoms with Gasteiger partial charge in [0.2, 0.25) is 5.56 Å². The van der Waals surface area contributed by atoms with Crippen molar-refractivity contribution in [1.82, 2.24) is 4.98 Å². The summed E-state index contributed by atoms with van der Waals surface area (Å²) in [5.41, 5.74) is 7.12. The molecule has 0 atom stereocenters. The van der Waals surface area contributed by atoms with E-state index in [2.05, 4.69) is 4.98 Å². The smallest absolute Gasteiger partial charge is 0.295 e. The fourth-order valence-corrected chi connectivity index (χ4v) is 4.20. The summed E-state index contributed by atoms with van der Waals surface area (Å²) in [4.78, 5) is 14.0. The number of aromatic nitrogens is 1. The molecule has 0 bridgehead atoms. The molecule has 0 saturated carbocycles. The van der Waals surface area contributed by atoms with E-state index in [4.69, 9.17) is 22.1 Å². The lowest BCUT2D eigenvalue weighted by molar-refractivity contribution is 0.328. The zero-order chi connectivity index (χ0) is 21.8. The maximum Gasteiger partial charge on any atom is 0.295 e. The van der Waals surface area contributed by atoms with Gasteiger partial charge in [-0.1, -0.05) is 11.6 Å². The Morgan fingerprint density at radius 1 is 1.10 bits per heavy atom. The molecule has 1 aromatic heterocycles. The van der Waals surface area contributed by atoms with Crippen molar-refractivity contribution >= 4 is 32.6 Å². The molecule has 3 aromatic rings. The van der Waals surface area contributed by atoms with E-state index >= 15 is 0 Å². The SMILES string of the molecule is Cc1cc2[nH]c(=O)cc(C)c2c(C)c1S(=O)(=O)O.NCCOc1ccc(Cl)cc1. The molecule has 0 amide bonds. The molecule has 7 nitrogen and oxygen atoms in total. The van der Waals surface area contributed by atoms with Gasteiger partial charge in [0.05, 0.1) is 0 Å². The molecular weight excluding hydrogens is 416 g/mol. The summed E-state index contributed by atoms with van der Waals surface area (Å²) in [6.07, 6.45) is 0. The fourth-order valence-electron chi connectivity index (χ4n) is 3.11. The fraction of sp³-hybridized carbons (Fsp3) is 0.250. The van der Waals surface area contributed by atoms with Crippen LogP contribution in [-0.4, -0.2) is 31.1 Å². The van der Waals surface area contributed by atoms with E-state index in [1.807, 2.05) is 12.1 Å². The Bertz CT molecular complexity index is 1170. The topological polar surface area (TPSA) is 122 Å². The Hall–Kier alpha value is -2.39. The van der Waals surface area contributed by atoms with Gasteiger partial charge in [0, 0.05) is 28.5 Å². The van der Waals surface area contributed by atoms with Crippen molar-refractivity contribution in [3.05, 3.63) is 68.5 Å². The second kappa shape index (κ2) is 9.41. The van der Waals surface area contributed by atoms with E-state index in [0.717, 1.165) is 5.75 Å². The van der Waals surface area contributed by atoms with Crippen LogP contribution in [-0.2, 0) is 10.1 Å². The number of rotatable bonds is 4. The first kappa shape index (κ1) is 22.9. The van der Waals surface area contributed by atoms with E-state index in [1.165, 1.54) is 6.07 Å². The van der Waals surface area contributed by atoms with Crippen molar-refractivity contribution < 1.29 is 17.7 Å². The van der Waals surface area contributed by atoms with Gasteiger partial charge < -0.3 is 15.5 Å². The molecule has 4 N–H and O–H groups in total. The molecule has 0 aliphatic rings. The Labute approximate surface area is 174 Å². The quantitative estimate of drug-likeness (QED) is 0.536. The Kier molecular flexibility index (Phi) is 7.43. The molecule has 0 fully saturated rings. The second-order valence-electron chi connectivity index (χ2n) is 6.45. The monoisotopic (exact) mass is 438 g/mol. The van der Waals surface area contributed by atoms with Crippen LogP contribution in [0.25, 0.3) is 10.9 Å². The van der Waals surface area contributed by atoms with Crippen molar-refractivity contribution in [1.29, 1.82) is 0 Å². The van der Waals surface area contributed by atoms with Crippen molar-refractivity contribution in [2.45, 2.75) is 25.7 Å². The first-order valence-corrected chi connectivity index (χ1v) is 10.6. The zero-order valence-corrected chi connectivity index (χ0v) is 17.9. The molecule has 3 rings (SSSR count). The number of nitrogens with one attached hydrogen (secondary N) is 1. The summed E-state index contributed by atoms with van der Waals surface area (Å²) in [7, 11) is -4.27. The van der Waals surface area contributed by atoms with Crippen LogP contribution in [0.3, 0.4) is 0 Å². The minimum Gasteiger partial charge on any atom is -0.492 e. The highest BCUT2D eigenvalue weighted by atomic mass is 35.5. The molecule has 0 spiro atoms. The van der Waals surface area contributed by atoms with Crippen LogP contribution in [0.4, 0.5) is 0 Å².